The number of anilines is 1. The Labute approximate surface area is 129 Å². The van der Waals surface area contributed by atoms with E-state index in [1.165, 1.54) is 6.42 Å². The molecule has 0 saturated carbocycles. The number of carbonyl (C=O) groups excluding carboxylic acids is 1. The second-order valence-corrected chi connectivity index (χ2v) is 5.83. The molecule has 0 spiro atoms. The molecule has 7 heteroatoms. The molecular weight excluding hydrogens is 290 g/mol. The van der Waals surface area contributed by atoms with Crippen molar-refractivity contribution in [1.82, 2.24) is 19.8 Å². The third kappa shape index (κ3) is 3.20. The van der Waals surface area contributed by atoms with Crippen molar-refractivity contribution in [2.24, 2.45) is 0 Å². The molecule has 2 saturated heterocycles. The Hall–Kier alpha value is -1.56. The Morgan fingerprint density at radius 2 is 1.52 bits per heavy atom. The summed E-state index contributed by atoms with van der Waals surface area (Å²) in [7, 11) is 0. The Morgan fingerprint density at radius 3 is 2.19 bits per heavy atom. The molecular formula is C14H20ClN5O. The summed E-state index contributed by atoms with van der Waals surface area (Å²) in [5.41, 5.74) is 0. The second-order valence-electron chi connectivity index (χ2n) is 5.48. The highest BCUT2D eigenvalue weighted by molar-refractivity contribution is 6.31. The highest BCUT2D eigenvalue weighted by atomic mass is 35.5. The number of carbonyl (C=O) groups is 1. The molecule has 1 aromatic heterocycles. The average molecular weight is 310 g/mol. The minimum absolute atomic E-state index is 0.180. The first-order valence-electron chi connectivity index (χ1n) is 7.51. The van der Waals surface area contributed by atoms with E-state index in [4.69, 9.17) is 11.6 Å². The summed E-state index contributed by atoms with van der Waals surface area (Å²) in [6.07, 6.45) is 6.72. The van der Waals surface area contributed by atoms with Crippen molar-refractivity contribution in [2.75, 3.05) is 44.2 Å². The number of urea groups is 1. The van der Waals surface area contributed by atoms with Gasteiger partial charge in [-0.15, -0.1) is 0 Å². The van der Waals surface area contributed by atoms with Gasteiger partial charge in [0.2, 0.25) is 0 Å². The van der Waals surface area contributed by atoms with Gasteiger partial charge in [-0.2, -0.15) is 0 Å². The van der Waals surface area contributed by atoms with E-state index >= 15 is 0 Å². The number of likely N-dealkylation sites (tertiary alicyclic amines) is 1. The fourth-order valence-electron chi connectivity index (χ4n) is 2.92. The average Bonchev–Trinajstić information content (AvgIpc) is 2.56. The number of amides is 2. The van der Waals surface area contributed by atoms with Crippen LogP contribution in [-0.2, 0) is 0 Å². The van der Waals surface area contributed by atoms with Crippen LogP contribution in [0.1, 0.15) is 19.3 Å². The highest BCUT2D eigenvalue weighted by Gasteiger charge is 2.27. The van der Waals surface area contributed by atoms with Crippen molar-refractivity contribution >= 4 is 23.4 Å². The van der Waals surface area contributed by atoms with E-state index in [-0.39, 0.29) is 6.03 Å². The summed E-state index contributed by atoms with van der Waals surface area (Å²) in [5.74, 6) is 0.712. The number of rotatable bonds is 1. The van der Waals surface area contributed by atoms with E-state index in [9.17, 15) is 4.79 Å². The molecule has 0 unspecified atom stereocenters. The lowest BCUT2D eigenvalue weighted by molar-refractivity contribution is 0.141. The lowest BCUT2D eigenvalue weighted by Crippen LogP contribution is -2.54. The molecule has 0 atom stereocenters. The molecule has 6 nitrogen and oxygen atoms in total. The minimum Gasteiger partial charge on any atom is -0.351 e. The summed E-state index contributed by atoms with van der Waals surface area (Å²) in [4.78, 5) is 26.8. The van der Waals surface area contributed by atoms with Gasteiger partial charge in [-0.3, -0.25) is 0 Å². The van der Waals surface area contributed by atoms with Crippen LogP contribution in [0.5, 0.6) is 0 Å². The number of nitrogens with zero attached hydrogens (tertiary/aromatic N) is 5. The number of hydrogen-bond acceptors (Lipinski definition) is 4. The second kappa shape index (κ2) is 6.47. The summed E-state index contributed by atoms with van der Waals surface area (Å²) in [6.45, 7) is 4.71. The zero-order valence-corrected chi connectivity index (χ0v) is 12.8. The topological polar surface area (TPSA) is 52.6 Å². The molecule has 0 radical (unpaired) electrons. The first-order valence-corrected chi connectivity index (χ1v) is 7.89. The molecule has 1 aromatic rings. The molecule has 0 aliphatic carbocycles. The zero-order valence-electron chi connectivity index (χ0n) is 12.0. The van der Waals surface area contributed by atoms with Crippen LogP contribution in [-0.4, -0.2) is 65.1 Å². The smallest absolute Gasteiger partial charge is 0.320 e. The van der Waals surface area contributed by atoms with E-state index in [1.807, 2.05) is 9.80 Å². The molecule has 0 N–H and O–H groups in total. The quantitative estimate of drug-likeness (QED) is 0.794. The molecule has 3 rings (SSSR count). The van der Waals surface area contributed by atoms with Crippen LogP contribution in [0.15, 0.2) is 12.4 Å². The van der Waals surface area contributed by atoms with E-state index in [0.717, 1.165) is 39.0 Å². The fraction of sp³-hybridized carbons (Fsp3) is 0.643. The van der Waals surface area contributed by atoms with E-state index < -0.39 is 0 Å². The van der Waals surface area contributed by atoms with Gasteiger partial charge in [0.25, 0.3) is 0 Å². The molecule has 3 heterocycles. The van der Waals surface area contributed by atoms with Crippen molar-refractivity contribution in [3.8, 4) is 0 Å². The predicted molar refractivity (Wildman–Crippen MR) is 81.6 cm³/mol. The summed E-state index contributed by atoms with van der Waals surface area (Å²) in [6, 6.07) is 0.180. The van der Waals surface area contributed by atoms with Crippen LogP contribution in [0.4, 0.5) is 10.6 Å². The fourth-order valence-corrected chi connectivity index (χ4v) is 3.15. The molecule has 2 aliphatic heterocycles. The van der Waals surface area contributed by atoms with Gasteiger partial charge in [-0.1, -0.05) is 11.6 Å². The maximum absolute atomic E-state index is 12.4. The standard InChI is InChI=1S/C14H20ClN5O/c15-12-13(17-5-4-16-12)18-8-10-20(11-9-18)14(21)19-6-2-1-3-7-19/h4-5H,1-3,6-11H2. The van der Waals surface area contributed by atoms with Gasteiger partial charge < -0.3 is 14.7 Å². The van der Waals surface area contributed by atoms with Crippen LogP contribution in [0.2, 0.25) is 5.15 Å². The Bertz CT molecular complexity index is 498. The monoisotopic (exact) mass is 309 g/mol. The van der Waals surface area contributed by atoms with E-state index in [1.54, 1.807) is 12.4 Å². The van der Waals surface area contributed by atoms with Gasteiger partial charge in [-0.05, 0) is 19.3 Å². The van der Waals surface area contributed by atoms with Gasteiger partial charge >= 0.3 is 6.03 Å². The Morgan fingerprint density at radius 1 is 0.905 bits per heavy atom. The van der Waals surface area contributed by atoms with E-state index in [2.05, 4.69) is 14.9 Å². The number of aromatic nitrogens is 2. The van der Waals surface area contributed by atoms with E-state index in [0.29, 0.717) is 24.1 Å². The van der Waals surface area contributed by atoms with Crippen LogP contribution in [0.25, 0.3) is 0 Å². The number of hydrogen-bond donors (Lipinski definition) is 0. The van der Waals surface area contributed by atoms with Crippen LogP contribution < -0.4 is 4.90 Å². The first kappa shape index (κ1) is 14.4. The minimum atomic E-state index is 0.180. The summed E-state index contributed by atoms with van der Waals surface area (Å²) >= 11 is 6.07. The summed E-state index contributed by atoms with van der Waals surface area (Å²) in [5, 5.41) is 0.424. The molecule has 2 amide bonds. The van der Waals surface area contributed by atoms with Crippen LogP contribution in [0.3, 0.4) is 0 Å². The zero-order chi connectivity index (χ0) is 14.7. The predicted octanol–water partition coefficient (Wildman–Crippen LogP) is 1.86. The molecule has 2 aliphatic rings. The van der Waals surface area contributed by atoms with Crippen molar-refractivity contribution in [1.29, 1.82) is 0 Å². The van der Waals surface area contributed by atoms with Crippen molar-refractivity contribution in [3.05, 3.63) is 17.5 Å². The summed E-state index contributed by atoms with van der Waals surface area (Å²) < 4.78 is 0. The largest absolute Gasteiger partial charge is 0.351 e. The van der Waals surface area contributed by atoms with Gasteiger partial charge in [-0.25, -0.2) is 14.8 Å². The van der Waals surface area contributed by atoms with Crippen molar-refractivity contribution < 1.29 is 4.79 Å². The Balaban J connectivity index is 1.57. The number of halogens is 1. The van der Waals surface area contributed by atoms with Gasteiger partial charge in [0, 0.05) is 51.7 Å². The molecule has 21 heavy (non-hydrogen) atoms. The number of piperidine rings is 1. The normalized spacial score (nSPS) is 19.8. The first-order chi connectivity index (χ1) is 10.3. The van der Waals surface area contributed by atoms with Crippen molar-refractivity contribution in [2.45, 2.75) is 19.3 Å². The van der Waals surface area contributed by atoms with Gasteiger partial charge in [0.15, 0.2) is 11.0 Å². The van der Waals surface area contributed by atoms with Crippen LogP contribution in [0, 0.1) is 0 Å². The maximum Gasteiger partial charge on any atom is 0.320 e. The highest BCUT2D eigenvalue weighted by Crippen LogP contribution is 2.21. The Kier molecular flexibility index (Phi) is 4.43. The number of piperazine rings is 1. The lowest BCUT2D eigenvalue weighted by atomic mass is 10.1. The van der Waals surface area contributed by atoms with Gasteiger partial charge in [0.1, 0.15) is 0 Å². The molecule has 2 fully saturated rings. The van der Waals surface area contributed by atoms with Crippen LogP contribution >= 0.6 is 11.6 Å². The molecule has 0 aromatic carbocycles. The third-order valence-corrected chi connectivity index (χ3v) is 4.38. The molecule has 0 bridgehead atoms. The third-order valence-electron chi connectivity index (χ3n) is 4.11. The lowest BCUT2D eigenvalue weighted by Gasteiger charge is -2.39. The SMILES string of the molecule is O=C(N1CCCCC1)N1CCN(c2nccnc2Cl)CC1. The maximum atomic E-state index is 12.4. The molecule has 114 valence electrons. The van der Waals surface area contributed by atoms with Crippen molar-refractivity contribution in [3.63, 3.8) is 0 Å². The van der Waals surface area contributed by atoms with Gasteiger partial charge in [0.05, 0.1) is 0 Å².